The fourth-order valence-corrected chi connectivity index (χ4v) is 1.45. The van der Waals surface area contributed by atoms with Crippen LogP contribution in [0.4, 0.5) is 0 Å². The first kappa shape index (κ1) is 10.2. The molecule has 0 fully saturated rings. The maximum absolute atomic E-state index is 8.76. The Kier molecular flexibility index (Phi) is 2.74. The van der Waals surface area contributed by atoms with Crippen molar-refractivity contribution in [3.05, 3.63) is 34.9 Å². The molecule has 0 aliphatic carbocycles. The molecule has 72 valence electrons. The predicted octanol–water partition coefficient (Wildman–Crippen LogP) is 3.03. The third-order valence-corrected chi connectivity index (χ3v) is 2.48. The average Bonchev–Trinajstić information content (AvgIpc) is 2.09. The highest BCUT2D eigenvalue weighted by atomic mass is 17.1. The number of rotatable bonds is 2. The summed E-state index contributed by atoms with van der Waals surface area (Å²) in [6, 6.07) is 5.99. The van der Waals surface area contributed by atoms with Crippen molar-refractivity contribution in [2.75, 3.05) is 0 Å². The van der Waals surface area contributed by atoms with Crippen LogP contribution in [0.25, 0.3) is 0 Å². The molecule has 2 nitrogen and oxygen atoms in total. The van der Waals surface area contributed by atoms with E-state index in [-0.39, 0.29) is 0 Å². The van der Waals surface area contributed by atoms with E-state index in [2.05, 4.69) is 4.89 Å². The summed E-state index contributed by atoms with van der Waals surface area (Å²) in [5.41, 5.74) is 2.77. The van der Waals surface area contributed by atoms with E-state index in [1.165, 1.54) is 11.1 Å². The second-order valence-corrected chi connectivity index (χ2v) is 3.85. The molecular formula is C11H16O2. The fourth-order valence-electron chi connectivity index (χ4n) is 1.45. The quantitative estimate of drug-likeness (QED) is 0.560. The van der Waals surface area contributed by atoms with Crippen LogP contribution in [0.2, 0.25) is 0 Å². The van der Waals surface area contributed by atoms with E-state index in [9.17, 15) is 0 Å². The van der Waals surface area contributed by atoms with Crippen molar-refractivity contribution in [2.24, 2.45) is 0 Å². The normalized spacial score (nSPS) is 11.8. The molecule has 0 atom stereocenters. The van der Waals surface area contributed by atoms with Crippen LogP contribution >= 0.6 is 0 Å². The van der Waals surface area contributed by atoms with Crippen molar-refractivity contribution in [3.63, 3.8) is 0 Å². The van der Waals surface area contributed by atoms with Crippen LogP contribution in [-0.2, 0) is 10.5 Å². The zero-order valence-corrected chi connectivity index (χ0v) is 8.59. The van der Waals surface area contributed by atoms with Gasteiger partial charge in [-0.1, -0.05) is 18.2 Å². The van der Waals surface area contributed by atoms with Crippen LogP contribution in [-0.4, -0.2) is 5.26 Å². The van der Waals surface area contributed by atoms with Gasteiger partial charge in [-0.3, -0.25) is 5.26 Å². The molecule has 0 unspecified atom stereocenters. The number of aryl methyl sites for hydroxylation is 1. The number of hydrogen-bond donors (Lipinski definition) is 1. The summed E-state index contributed by atoms with van der Waals surface area (Å²) in [5, 5.41) is 8.76. The van der Waals surface area contributed by atoms with Gasteiger partial charge < -0.3 is 0 Å². The molecule has 0 aliphatic rings. The van der Waals surface area contributed by atoms with Gasteiger partial charge in [0.05, 0.1) is 0 Å². The van der Waals surface area contributed by atoms with E-state index in [1.807, 2.05) is 45.9 Å². The second kappa shape index (κ2) is 3.48. The van der Waals surface area contributed by atoms with Gasteiger partial charge in [0.1, 0.15) is 5.60 Å². The first-order chi connectivity index (χ1) is 5.99. The molecule has 0 spiro atoms. The summed E-state index contributed by atoms with van der Waals surface area (Å²) in [6.07, 6.45) is 0. The molecule has 2 heteroatoms. The number of hydrogen-bond acceptors (Lipinski definition) is 2. The first-order valence-electron chi connectivity index (χ1n) is 4.38. The van der Waals surface area contributed by atoms with Gasteiger partial charge in [-0.2, -0.15) is 0 Å². The minimum absolute atomic E-state index is 0.629. The maximum atomic E-state index is 8.76. The minimum atomic E-state index is -0.629. The van der Waals surface area contributed by atoms with E-state index in [0.717, 1.165) is 5.56 Å². The van der Waals surface area contributed by atoms with Gasteiger partial charge in [0.15, 0.2) is 0 Å². The van der Waals surface area contributed by atoms with Crippen molar-refractivity contribution in [1.29, 1.82) is 0 Å². The minimum Gasteiger partial charge on any atom is -0.251 e. The van der Waals surface area contributed by atoms with Crippen LogP contribution in [0.3, 0.4) is 0 Å². The van der Waals surface area contributed by atoms with Crippen molar-refractivity contribution in [1.82, 2.24) is 0 Å². The molecule has 0 amide bonds. The summed E-state index contributed by atoms with van der Waals surface area (Å²) < 4.78 is 0. The Bertz CT molecular complexity index is 303. The molecule has 1 N–H and O–H groups in total. The van der Waals surface area contributed by atoms with E-state index >= 15 is 0 Å². The molecule has 0 aliphatic heterocycles. The second-order valence-electron chi connectivity index (χ2n) is 3.85. The van der Waals surface area contributed by atoms with Gasteiger partial charge in [-0.15, -0.1) is 0 Å². The number of benzene rings is 1. The Labute approximate surface area is 79.1 Å². The fraction of sp³-hybridized carbons (Fsp3) is 0.455. The summed E-state index contributed by atoms with van der Waals surface area (Å²) in [6.45, 7) is 7.77. The Morgan fingerprint density at radius 2 is 1.85 bits per heavy atom. The van der Waals surface area contributed by atoms with Gasteiger partial charge in [-0.25, -0.2) is 4.89 Å². The Morgan fingerprint density at radius 3 is 2.38 bits per heavy atom. The van der Waals surface area contributed by atoms with Crippen molar-refractivity contribution < 1.29 is 10.1 Å². The van der Waals surface area contributed by atoms with Crippen LogP contribution in [0.5, 0.6) is 0 Å². The standard InChI is InChI=1S/C11H16O2/c1-8-6-5-7-10(9(8)2)11(3,4)13-12/h5-7,12H,1-4H3. The zero-order valence-electron chi connectivity index (χ0n) is 8.59. The molecule has 0 aromatic heterocycles. The molecule has 1 aromatic rings. The first-order valence-corrected chi connectivity index (χ1v) is 4.38. The molecule has 0 radical (unpaired) electrons. The Balaban J connectivity index is 3.22. The smallest absolute Gasteiger partial charge is 0.123 e. The van der Waals surface area contributed by atoms with Gasteiger partial charge in [0.25, 0.3) is 0 Å². The SMILES string of the molecule is Cc1cccc(C(C)(C)OO)c1C. The molecule has 13 heavy (non-hydrogen) atoms. The van der Waals surface area contributed by atoms with E-state index in [0.29, 0.717) is 0 Å². The van der Waals surface area contributed by atoms with E-state index < -0.39 is 5.60 Å². The highest BCUT2D eigenvalue weighted by Gasteiger charge is 2.23. The van der Waals surface area contributed by atoms with Crippen LogP contribution < -0.4 is 0 Å². The van der Waals surface area contributed by atoms with Crippen LogP contribution in [0.1, 0.15) is 30.5 Å². The highest BCUT2D eigenvalue weighted by molar-refractivity contribution is 5.36. The predicted molar refractivity (Wildman–Crippen MR) is 52.7 cm³/mol. The maximum Gasteiger partial charge on any atom is 0.123 e. The van der Waals surface area contributed by atoms with Crippen LogP contribution in [0.15, 0.2) is 18.2 Å². The summed E-state index contributed by atoms with van der Waals surface area (Å²) in [4.78, 5) is 4.46. The third-order valence-electron chi connectivity index (χ3n) is 2.48. The highest BCUT2D eigenvalue weighted by Crippen LogP contribution is 2.27. The van der Waals surface area contributed by atoms with Gasteiger partial charge in [0, 0.05) is 0 Å². The Morgan fingerprint density at radius 1 is 1.23 bits per heavy atom. The lowest BCUT2D eigenvalue weighted by molar-refractivity contribution is -0.318. The van der Waals surface area contributed by atoms with E-state index in [1.54, 1.807) is 0 Å². The molecular weight excluding hydrogens is 164 g/mol. The topological polar surface area (TPSA) is 29.5 Å². The molecule has 0 saturated heterocycles. The lowest BCUT2D eigenvalue weighted by Gasteiger charge is -2.23. The van der Waals surface area contributed by atoms with Gasteiger partial charge in [-0.05, 0) is 44.4 Å². The molecule has 1 rings (SSSR count). The monoisotopic (exact) mass is 180 g/mol. The largest absolute Gasteiger partial charge is 0.251 e. The summed E-state index contributed by atoms with van der Waals surface area (Å²) in [5.74, 6) is 0. The lowest BCUT2D eigenvalue weighted by Crippen LogP contribution is -2.21. The lowest BCUT2D eigenvalue weighted by atomic mass is 9.91. The Hall–Kier alpha value is -0.860. The van der Waals surface area contributed by atoms with Crippen LogP contribution in [0, 0.1) is 13.8 Å². The molecule has 1 aromatic carbocycles. The summed E-state index contributed by atoms with van der Waals surface area (Å²) in [7, 11) is 0. The zero-order chi connectivity index (χ0) is 10.1. The molecule has 0 heterocycles. The third kappa shape index (κ3) is 1.90. The van der Waals surface area contributed by atoms with E-state index in [4.69, 9.17) is 5.26 Å². The van der Waals surface area contributed by atoms with Gasteiger partial charge in [0.2, 0.25) is 0 Å². The van der Waals surface area contributed by atoms with Crippen molar-refractivity contribution >= 4 is 0 Å². The average molecular weight is 180 g/mol. The molecule has 0 bridgehead atoms. The molecule has 0 saturated carbocycles. The summed E-state index contributed by atoms with van der Waals surface area (Å²) >= 11 is 0. The van der Waals surface area contributed by atoms with Gasteiger partial charge >= 0.3 is 0 Å². The van der Waals surface area contributed by atoms with Crippen molar-refractivity contribution in [3.8, 4) is 0 Å². The van der Waals surface area contributed by atoms with Crippen molar-refractivity contribution in [2.45, 2.75) is 33.3 Å².